The van der Waals surface area contributed by atoms with E-state index in [1.807, 2.05) is 31.2 Å². The predicted octanol–water partition coefficient (Wildman–Crippen LogP) is 2.06. The average molecular weight is 369 g/mol. The van der Waals surface area contributed by atoms with Crippen molar-refractivity contribution in [1.29, 1.82) is 0 Å². The number of hydrogen-bond acceptors (Lipinski definition) is 7. The molecule has 3 heterocycles. The lowest BCUT2D eigenvalue weighted by molar-refractivity contribution is 0.415. The summed E-state index contributed by atoms with van der Waals surface area (Å²) in [5.41, 5.74) is 3.78. The second-order valence-electron chi connectivity index (χ2n) is 5.94. The van der Waals surface area contributed by atoms with Crippen molar-refractivity contribution in [2.75, 3.05) is 13.4 Å². The highest BCUT2D eigenvalue weighted by Crippen LogP contribution is 2.32. The van der Waals surface area contributed by atoms with E-state index in [2.05, 4.69) is 20.1 Å². The lowest BCUT2D eigenvalue weighted by atomic mass is 10.0. The molecule has 4 rings (SSSR count). The van der Waals surface area contributed by atoms with E-state index in [4.69, 9.17) is 4.74 Å². The summed E-state index contributed by atoms with van der Waals surface area (Å²) in [6, 6.07) is 7.67. The maximum atomic E-state index is 11.8. The van der Waals surface area contributed by atoms with Crippen molar-refractivity contribution in [3.05, 3.63) is 42.4 Å². The fraction of sp³-hybridized carbons (Fsp3) is 0.176. The SMILES string of the molecule is COc1ccc(C)c(-c2cc3cnc(S(C)(=O)=O)nc3n3ncnc23)c1. The molecule has 0 saturated heterocycles. The molecule has 0 spiro atoms. The van der Waals surface area contributed by atoms with Crippen LogP contribution in [-0.2, 0) is 9.84 Å². The Morgan fingerprint density at radius 2 is 1.88 bits per heavy atom. The lowest BCUT2D eigenvalue weighted by Crippen LogP contribution is -2.06. The zero-order valence-electron chi connectivity index (χ0n) is 14.3. The van der Waals surface area contributed by atoms with Crippen molar-refractivity contribution >= 4 is 26.5 Å². The molecule has 0 unspecified atom stereocenters. The van der Waals surface area contributed by atoms with Gasteiger partial charge in [-0.05, 0) is 36.2 Å². The van der Waals surface area contributed by atoms with Gasteiger partial charge in [-0.15, -0.1) is 0 Å². The minimum atomic E-state index is -3.52. The number of hydrogen-bond donors (Lipinski definition) is 0. The van der Waals surface area contributed by atoms with Gasteiger partial charge in [-0.25, -0.2) is 18.4 Å². The van der Waals surface area contributed by atoms with E-state index >= 15 is 0 Å². The Hall–Kier alpha value is -3.07. The fourth-order valence-electron chi connectivity index (χ4n) is 2.83. The predicted molar refractivity (Wildman–Crippen MR) is 95.9 cm³/mol. The Balaban J connectivity index is 2.07. The van der Waals surface area contributed by atoms with Gasteiger partial charge in [0, 0.05) is 23.4 Å². The number of benzene rings is 1. The summed E-state index contributed by atoms with van der Waals surface area (Å²) in [7, 11) is -1.91. The van der Waals surface area contributed by atoms with Gasteiger partial charge in [-0.1, -0.05) is 6.07 Å². The molecule has 0 atom stereocenters. The van der Waals surface area contributed by atoms with Crippen LogP contribution in [0.25, 0.3) is 27.8 Å². The van der Waals surface area contributed by atoms with E-state index in [1.54, 1.807) is 7.11 Å². The van der Waals surface area contributed by atoms with Gasteiger partial charge in [0.25, 0.3) is 0 Å². The molecule has 0 N–H and O–H groups in total. The van der Waals surface area contributed by atoms with Crippen LogP contribution in [0.2, 0.25) is 0 Å². The summed E-state index contributed by atoms with van der Waals surface area (Å²) in [4.78, 5) is 12.5. The highest BCUT2D eigenvalue weighted by atomic mass is 32.2. The number of ether oxygens (including phenoxy) is 1. The molecule has 132 valence electrons. The van der Waals surface area contributed by atoms with Crippen molar-refractivity contribution in [2.45, 2.75) is 12.1 Å². The summed E-state index contributed by atoms with van der Waals surface area (Å²) in [6.45, 7) is 2.00. The van der Waals surface area contributed by atoms with E-state index in [0.29, 0.717) is 16.7 Å². The van der Waals surface area contributed by atoms with Gasteiger partial charge in [-0.2, -0.15) is 14.6 Å². The quantitative estimate of drug-likeness (QED) is 0.510. The van der Waals surface area contributed by atoms with Crippen molar-refractivity contribution in [3.8, 4) is 16.9 Å². The third-order valence-electron chi connectivity index (χ3n) is 4.13. The van der Waals surface area contributed by atoms with E-state index in [0.717, 1.165) is 28.7 Å². The number of fused-ring (bicyclic) bond motifs is 3. The molecular weight excluding hydrogens is 354 g/mol. The number of nitrogens with zero attached hydrogens (tertiary/aromatic N) is 5. The first-order valence-corrected chi connectivity index (χ1v) is 9.62. The first-order valence-electron chi connectivity index (χ1n) is 7.73. The van der Waals surface area contributed by atoms with Crippen LogP contribution in [0, 0.1) is 6.92 Å². The smallest absolute Gasteiger partial charge is 0.248 e. The van der Waals surface area contributed by atoms with Crippen LogP contribution in [0.15, 0.2) is 41.9 Å². The molecule has 9 heteroatoms. The van der Waals surface area contributed by atoms with E-state index < -0.39 is 9.84 Å². The van der Waals surface area contributed by atoms with Crippen LogP contribution >= 0.6 is 0 Å². The topological polar surface area (TPSA) is 99.3 Å². The van der Waals surface area contributed by atoms with Gasteiger partial charge in [0.15, 0.2) is 11.3 Å². The molecule has 26 heavy (non-hydrogen) atoms. The number of methoxy groups -OCH3 is 1. The lowest BCUT2D eigenvalue weighted by Gasteiger charge is -2.11. The molecule has 0 bridgehead atoms. The molecule has 4 aromatic rings. The number of aromatic nitrogens is 5. The number of aryl methyl sites for hydroxylation is 1. The van der Waals surface area contributed by atoms with E-state index in [-0.39, 0.29) is 5.16 Å². The third-order valence-corrected chi connectivity index (χ3v) is 4.99. The zero-order valence-corrected chi connectivity index (χ0v) is 15.1. The Labute approximate surface area is 149 Å². The minimum Gasteiger partial charge on any atom is -0.497 e. The van der Waals surface area contributed by atoms with Crippen LogP contribution in [0.5, 0.6) is 5.75 Å². The molecule has 0 amide bonds. The molecule has 3 aromatic heterocycles. The van der Waals surface area contributed by atoms with Crippen LogP contribution in [0.3, 0.4) is 0 Å². The molecule has 0 radical (unpaired) electrons. The summed E-state index contributed by atoms with van der Waals surface area (Å²) < 4.78 is 30.4. The van der Waals surface area contributed by atoms with Crippen LogP contribution in [0.4, 0.5) is 0 Å². The second kappa shape index (κ2) is 5.73. The molecule has 0 aliphatic heterocycles. The highest BCUT2D eigenvalue weighted by Gasteiger charge is 2.17. The Bertz CT molecular complexity index is 1260. The van der Waals surface area contributed by atoms with Gasteiger partial charge in [-0.3, -0.25) is 0 Å². The van der Waals surface area contributed by atoms with Crippen molar-refractivity contribution < 1.29 is 13.2 Å². The summed E-state index contributed by atoms with van der Waals surface area (Å²) in [6.07, 6.45) is 3.97. The molecule has 0 aliphatic carbocycles. The van der Waals surface area contributed by atoms with Crippen molar-refractivity contribution in [3.63, 3.8) is 0 Å². The molecule has 0 fully saturated rings. The summed E-state index contributed by atoms with van der Waals surface area (Å²) >= 11 is 0. The second-order valence-corrected chi connectivity index (χ2v) is 7.85. The van der Waals surface area contributed by atoms with Crippen LogP contribution in [-0.4, -0.2) is 46.3 Å². The standard InChI is InChI=1S/C17H15N5O3S/c1-10-4-5-12(25-2)7-13(10)14-6-11-8-18-17(26(3,23)24)21-15(11)22-16(14)19-9-20-22/h4-9H,1-3H3. The summed E-state index contributed by atoms with van der Waals surface area (Å²) in [5, 5.41) is 4.63. The Kier molecular flexibility index (Phi) is 3.62. The van der Waals surface area contributed by atoms with Crippen LogP contribution in [0.1, 0.15) is 5.56 Å². The normalized spacial score (nSPS) is 12.0. The van der Waals surface area contributed by atoms with Gasteiger partial charge < -0.3 is 4.74 Å². The number of sulfone groups is 1. The summed E-state index contributed by atoms with van der Waals surface area (Å²) in [5.74, 6) is 0.729. The number of pyridine rings is 1. The molecule has 8 nitrogen and oxygen atoms in total. The van der Waals surface area contributed by atoms with Gasteiger partial charge >= 0.3 is 0 Å². The largest absolute Gasteiger partial charge is 0.497 e. The third kappa shape index (κ3) is 2.57. The van der Waals surface area contributed by atoms with E-state index in [1.165, 1.54) is 17.0 Å². The Morgan fingerprint density at radius 1 is 1.08 bits per heavy atom. The highest BCUT2D eigenvalue weighted by molar-refractivity contribution is 7.90. The average Bonchev–Trinajstić information content (AvgIpc) is 3.10. The van der Waals surface area contributed by atoms with Crippen molar-refractivity contribution in [1.82, 2.24) is 24.6 Å². The zero-order chi connectivity index (χ0) is 18.5. The molecule has 0 aliphatic rings. The fourth-order valence-corrected chi connectivity index (χ4v) is 3.33. The first-order chi connectivity index (χ1) is 12.4. The van der Waals surface area contributed by atoms with Gasteiger partial charge in [0.1, 0.15) is 12.1 Å². The molecule has 0 saturated carbocycles. The minimum absolute atomic E-state index is 0.243. The van der Waals surface area contributed by atoms with Gasteiger partial charge in [0.2, 0.25) is 15.0 Å². The Morgan fingerprint density at radius 3 is 2.62 bits per heavy atom. The van der Waals surface area contributed by atoms with E-state index in [9.17, 15) is 8.42 Å². The van der Waals surface area contributed by atoms with Crippen molar-refractivity contribution in [2.24, 2.45) is 0 Å². The first kappa shape index (κ1) is 16.4. The maximum absolute atomic E-state index is 11.8. The maximum Gasteiger partial charge on any atom is 0.248 e. The molecular formula is C17H15N5O3S. The molecule has 1 aromatic carbocycles. The van der Waals surface area contributed by atoms with Gasteiger partial charge in [0.05, 0.1) is 7.11 Å². The van der Waals surface area contributed by atoms with Crippen LogP contribution < -0.4 is 4.74 Å². The number of rotatable bonds is 3. The monoisotopic (exact) mass is 369 g/mol.